The maximum absolute atomic E-state index is 12.3. The number of rotatable bonds is 3. The van der Waals surface area contributed by atoms with Gasteiger partial charge in [0.2, 0.25) is 0 Å². The third-order valence-electron chi connectivity index (χ3n) is 2.78. The predicted octanol–water partition coefficient (Wildman–Crippen LogP) is 2.31. The summed E-state index contributed by atoms with van der Waals surface area (Å²) in [6.45, 7) is 0.837. The van der Waals surface area contributed by atoms with Crippen LogP contribution in [-0.4, -0.2) is 26.6 Å². The van der Waals surface area contributed by atoms with Gasteiger partial charge in [-0.25, -0.2) is 13.4 Å². The van der Waals surface area contributed by atoms with E-state index in [1.165, 1.54) is 18.2 Å². The van der Waals surface area contributed by atoms with Gasteiger partial charge in [-0.1, -0.05) is 17.7 Å². The molecule has 0 radical (unpaired) electrons. The van der Waals surface area contributed by atoms with Crippen molar-refractivity contribution in [3.63, 3.8) is 0 Å². The number of sulfonamides is 1. The number of hydrogen-bond donors (Lipinski definition) is 1. The zero-order valence-corrected chi connectivity index (χ0v) is 12.3. The van der Waals surface area contributed by atoms with Gasteiger partial charge in [-0.05, 0) is 24.3 Å². The number of benzene rings is 1. The van der Waals surface area contributed by atoms with E-state index in [0.29, 0.717) is 24.7 Å². The summed E-state index contributed by atoms with van der Waals surface area (Å²) in [6, 6.07) is 9.11. The molecule has 1 aliphatic rings. The molecule has 6 nitrogen and oxygen atoms in total. The minimum Gasteiger partial charge on any atom is -0.486 e. The summed E-state index contributed by atoms with van der Waals surface area (Å²) < 4.78 is 37.7. The number of nitrogens with zero attached hydrogens (tertiary/aromatic N) is 1. The summed E-state index contributed by atoms with van der Waals surface area (Å²) >= 11 is 5.73. The number of ether oxygens (including phenoxy) is 2. The number of halogens is 1. The van der Waals surface area contributed by atoms with Crippen LogP contribution in [0.15, 0.2) is 41.3 Å². The minimum absolute atomic E-state index is 0.0634. The Balaban J connectivity index is 1.91. The third-order valence-corrected chi connectivity index (χ3v) is 4.34. The summed E-state index contributed by atoms with van der Waals surface area (Å²) in [6.07, 6.45) is 0. The fourth-order valence-corrected chi connectivity index (χ4v) is 3.03. The van der Waals surface area contributed by atoms with Crippen LogP contribution in [0.5, 0.6) is 11.5 Å². The molecule has 1 N–H and O–H groups in total. The number of hydrogen-bond acceptors (Lipinski definition) is 5. The molecule has 0 saturated heterocycles. The van der Waals surface area contributed by atoms with E-state index in [0.717, 1.165) is 0 Å². The lowest BCUT2D eigenvalue weighted by atomic mass is 10.3. The summed E-state index contributed by atoms with van der Waals surface area (Å²) in [7, 11) is -3.77. The Morgan fingerprint density at radius 3 is 2.62 bits per heavy atom. The smallest absolute Gasteiger partial charge is 0.263 e. The van der Waals surface area contributed by atoms with E-state index < -0.39 is 10.0 Å². The number of nitrogens with one attached hydrogen (secondary N) is 1. The molecule has 3 rings (SSSR count). The zero-order valence-electron chi connectivity index (χ0n) is 10.7. The highest BCUT2D eigenvalue weighted by Gasteiger charge is 2.19. The summed E-state index contributed by atoms with van der Waals surface area (Å²) in [4.78, 5) is 3.95. The molecule has 0 spiro atoms. The van der Waals surface area contributed by atoms with Crippen molar-refractivity contribution in [2.24, 2.45) is 0 Å². The van der Waals surface area contributed by atoms with E-state index in [-0.39, 0.29) is 15.9 Å². The Bertz CT molecular complexity index is 779. The average Bonchev–Trinajstić information content (AvgIpc) is 2.46. The Morgan fingerprint density at radius 1 is 1.10 bits per heavy atom. The molecular weight excluding hydrogens is 316 g/mol. The van der Waals surface area contributed by atoms with Crippen LogP contribution in [-0.2, 0) is 10.0 Å². The lowest BCUT2D eigenvalue weighted by Crippen LogP contribution is -2.17. The first-order valence-electron chi connectivity index (χ1n) is 6.10. The molecule has 0 atom stereocenters. The first-order chi connectivity index (χ1) is 10.0. The molecular formula is C13H11ClN2O4S. The number of anilines is 1. The molecule has 2 aromatic rings. The molecule has 0 fully saturated rings. The summed E-state index contributed by atoms with van der Waals surface area (Å²) in [5.74, 6) is 1.08. The Labute approximate surface area is 126 Å². The van der Waals surface area contributed by atoms with E-state index in [2.05, 4.69) is 9.71 Å². The summed E-state index contributed by atoms with van der Waals surface area (Å²) in [5.41, 5.74) is 0. The lowest BCUT2D eigenvalue weighted by Gasteiger charge is -2.19. The highest BCUT2D eigenvalue weighted by molar-refractivity contribution is 7.92. The van der Waals surface area contributed by atoms with Gasteiger partial charge in [-0.3, -0.25) is 4.72 Å². The minimum atomic E-state index is -3.77. The molecule has 21 heavy (non-hydrogen) atoms. The Morgan fingerprint density at radius 2 is 1.86 bits per heavy atom. The molecule has 0 bridgehead atoms. The van der Waals surface area contributed by atoms with E-state index in [4.69, 9.17) is 21.1 Å². The molecule has 8 heteroatoms. The molecule has 0 amide bonds. The van der Waals surface area contributed by atoms with Crippen LogP contribution in [0, 0.1) is 0 Å². The molecule has 0 aliphatic carbocycles. The predicted molar refractivity (Wildman–Crippen MR) is 77.5 cm³/mol. The van der Waals surface area contributed by atoms with Crippen LogP contribution in [0.2, 0.25) is 5.15 Å². The molecule has 1 aromatic heterocycles. The van der Waals surface area contributed by atoms with Gasteiger partial charge in [0, 0.05) is 6.07 Å². The van der Waals surface area contributed by atoms with Crippen molar-refractivity contribution < 1.29 is 17.9 Å². The van der Waals surface area contributed by atoms with Crippen LogP contribution in [0.1, 0.15) is 0 Å². The number of aromatic nitrogens is 1. The van der Waals surface area contributed by atoms with Crippen molar-refractivity contribution >= 4 is 27.4 Å². The quantitative estimate of drug-likeness (QED) is 0.876. The van der Waals surface area contributed by atoms with Crippen molar-refractivity contribution in [3.05, 3.63) is 41.6 Å². The second-order valence-corrected chi connectivity index (χ2v) is 6.33. The monoisotopic (exact) mass is 326 g/mol. The van der Waals surface area contributed by atoms with Gasteiger partial charge in [-0.15, -0.1) is 0 Å². The number of fused-ring (bicyclic) bond motifs is 1. The van der Waals surface area contributed by atoms with Gasteiger partial charge in [0.1, 0.15) is 24.2 Å². The van der Waals surface area contributed by atoms with Gasteiger partial charge < -0.3 is 9.47 Å². The van der Waals surface area contributed by atoms with Crippen molar-refractivity contribution in [3.8, 4) is 11.5 Å². The van der Waals surface area contributed by atoms with E-state index in [1.807, 2.05) is 0 Å². The molecule has 0 saturated carbocycles. The van der Waals surface area contributed by atoms with Gasteiger partial charge in [-0.2, -0.15) is 0 Å². The van der Waals surface area contributed by atoms with Gasteiger partial charge in [0.15, 0.2) is 11.5 Å². The second-order valence-electron chi connectivity index (χ2n) is 4.26. The molecule has 2 heterocycles. The van der Waals surface area contributed by atoms with Crippen LogP contribution in [0.25, 0.3) is 0 Å². The van der Waals surface area contributed by atoms with Crippen molar-refractivity contribution in [1.82, 2.24) is 4.98 Å². The Kier molecular flexibility index (Phi) is 3.60. The maximum atomic E-state index is 12.3. The Hall–Kier alpha value is -1.99. The van der Waals surface area contributed by atoms with E-state index in [1.54, 1.807) is 18.2 Å². The second kappa shape index (κ2) is 5.42. The molecule has 1 aliphatic heterocycles. The fourth-order valence-electron chi connectivity index (χ4n) is 1.85. The first-order valence-corrected chi connectivity index (χ1v) is 7.96. The lowest BCUT2D eigenvalue weighted by molar-refractivity contribution is 0.171. The van der Waals surface area contributed by atoms with E-state index in [9.17, 15) is 8.42 Å². The van der Waals surface area contributed by atoms with Gasteiger partial charge in [0.05, 0.1) is 4.90 Å². The highest BCUT2D eigenvalue weighted by Crippen LogP contribution is 2.32. The fraction of sp³-hybridized carbons (Fsp3) is 0.154. The van der Waals surface area contributed by atoms with E-state index >= 15 is 0 Å². The third kappa shape index (κ3) is 3.03. The largest absolute Gasteiger partial charge is 0.486 e. The van der Waals surface area contributed by atoms with Crippen LogP contribution >= 0.6 is 11.6 Å². The van der Waals surface area contributed by atoms with Crippen LogP contribution in [0.4, 0.5) is 5.82 Å². The average molecular weight is 327 g/mol. The molecule has 0 unspecified atom stereocenters. The van der Waals surface area contributed by atoms with Crippen LogP contribution in [0.3, 0.4) is 0 Å². The molecule has 1 aromatic carbocycles. The molecule has 110 valence electrons. The van der Waals surface area contributed by atoms with Crippen molar-refractivity contribution in [2.75, 3.05) is 17.9 Å². The highest BCUT2D eigenvalue weighted by atomic mass is 35.5. The van der Waals surface area contributed by atoms with Crippen LogP contribution < -0.4 is 14.2 Å². The maximum Gasteiger partial charge on any atom is 0.263 e. The van der Waals surface area contributed by atoms with Crippen molar-refractivity contribution in [2.45, 2.75) is 4.90 Å². The first kappa shape index (κ1) is 14.0. The summed E-state index contributed by atoms with van der Waals surface area (Å²) in [5, 5.41) is 0.206. The SMILES string of the molecule is O=S(=O)(Nc1cccc(Cl)n1)c1ccc2c(c1)OCCO2. The van der Waals surface area contributed by atoms with Gasteiger partial charge in [0.25, 0.3) is 10.0 Å². The number of pyridine rings is 1. The normalized spacial score (nSPS) is 13.8. The standard InChI is InChI=1S/C13H11ClN2O4S/c14-12-2-1-3-13(15-12)16-21(17,18)9-4-5-10-11(8-9)20-7-6-19-10/h1-5,8H,6-7H2,(H,15,16). The topological polar surface area (TPSA) is 77.5 Å². The van der Waals surface area contributed by atoms with Crippen molar-refractivity contribution in [1.29, 1.82) is 0 Å². The van der Waals surface area contributed by atoms with Gasteiger partial charge >= 0.3 is 0 Å². The zero-order chi connectivity index (χ0) is 14.9.